The first-order chi connectivity index (χ1) is 9.15. The van der Waals surface area contributed by atoms with Gasteiger partial charge in [0.15, 0.2) is 0 Å². The van der Waals surface area contributed by atoms with Crippen LogP contribution in [0.3, 0.4) is 0 Å². The van der Waals surface area contributed by atoms with E-state index in [9.17, 15) is 9.59 Å². The average Bonchev–Trinajstić information content (AvgIpc) is 2.67. The number of carbonyl (C=O) groups excluding carboxylic acids is 1. The van der Waals surface area contributed by atoms with Crippen LogP contribution in [0.5, 0.6) is 0 Å². The Morgan fingerprint density at radius 1 is 1.50 bits per heavy atom. The first-order valence-corrected chi connectivity index (χ1v) is 7.07. The number of aryl methyl sites for hydroxylation is 2. The fraction of sp³-hybridized carbons (Fsp3) is 0.583. The lowest BCUT2D eigenvalue weighted by Gasteiger charge is -2.27. The van der Waals surface area contributed by atoms with Crippen LogP contribution in [0.15, 0.2) is 0 Å². The Kier molecular flexibility index (Phi) is 5.18. The van der Waals surface area contributed by atoms with Crippen molar-refractivity contribution < 1.29 is 14.7 Å². The van der Waals surface area contributed by atoms with Gasteiger partial charge in [0.05, 0.1) is 22.8 Å². The maximum absolute atomic E-state index is 11.9. The van der Waals surface area contributed by atoms with Crippen LogP contribution in [0.1, 0.15) is 25.2 Å². The van der Waals surface area contributed by atoms with Gasteiger partial charge in [-0.15, -0.1) is 11.8 Å². The highest BCUT2D eigenvalue weighted by molar-refractivity contribution is 8.01. The van der Waals surface area contributed by atoms with E-state index in [2.05, 4.69) is 15.5 Å². The minimum Gasteiger partial charge on any atom is -0.480 e. The largest absolute Gasteiger partial charge is 0.480 e. The number of anilines is 1. The van der Waals surface area contributed by atoms with Gasteiger partial charge in [-0.05, 0) is 27.7 Å². The van der Waals surface area contributed by atoms with E-state index in [0.717, 1.165) is 5.69 Å². The number of H-pyrrole nitrogens is 1. The van der Waals surface area contributed by atoms with Crippen LogP contribution in [-0.4, -0.2) is 43.7 Å². The molecule has 1 heterocycles. The number of carbonyl (C=O) groups is 2. The molecule has 0 unspecified atom stereocenters. The van der Waals surface area contributed by atoms with Crippen molar-refractivity contribution in [3.05, 3.63) is 11.4 Å². The van der Waals surface area contributed by atoms with Gasteiger partial charge in [0, 0.05) is 4.75 Å². The number of amides is 1. The van der Waals surface area contributed by atoms with Crippen molar-refractivity contribution in [2.45, 2.75) is 38.5 Å². The smallest absolute Gasteiger partial charge is 0.321 e. The summed E-state index contributed by atoms with van der Waals surface area (Å²) in [7, 11) is 0. The van der Waals surface area contributed by atoms with Gasteiger partial charge in [-0.1, -0.05) is 0 Å². The van der Waals surface area contributed by atoms with Crippen LogP contribution in [0.2, 0.25) is 0 Å². The van der Waals surface area contributed by atoms with Gasteiger partial charge in [0.1, 0.15) is 6.04 Å². The molecule has 1 aromatic heterocycles. The second-order valence-electron chi connectivity index (χ2n) is 5.07. The molecule has 1 atom stereocenters. The number of aromatic amines is 1. The summed E-state index contributed by atoms with van der Waals surface area (Å²) in [4.78, 5) is 22.8. The number of carboxylic acid groups (broad SMARTS) is 1. The number of aromatic nitrogens is 2. The van der Waals surface area contributed by atoms with Crippen LogP contribution in [0.4, 0.5) is 5.69 Å². The summed E-state index contributed by atoms with van der Waals surface area (Å²) in [5, 5.41) is 18.4. The summed E-state index contributed by atoms with van der Waals surface area (Å²) in [5.41, 5.74) is 7.75. The predicted octanol–water partition coefficient (Wildman–Crippen LogP) is 0.889. The number of rotatable bonds is 6. The first-order valence-electron chi connectivity index (χ1n) is 6.09. The zero-order valence-electron chi connectivity index (χ0n) is 12.0. The Balaban J connectivity index is 2.58. The molecule has 1 rings (SSSR count). The van der Waals surface area contributed by atoms with Gasteiger partial charge in [0.2, 0.25) is 5.91 Å². The summed E-state index contributed by atoms with van der Waals surface area (Å²) >= 11 is 1.21. The van der Waals surface area contributed by atoms with Crippen molar-refractivity contribution in [2.24, 2.45) is 5.73 Å². The SMILES string of the molecule is Cc1n[nH]c(C)c1NC(=O)CSC(C)(C)[C@H](N)C(=O)O. The van der Waals surface area contributed by atoms with Gasteiger partial charge in [0.25, 0.3) is 0 Å². The van der Waals surface area contributed by atoms with E-state index < -0.39 is 16.8 Å². The normalized spacial score (nSPS) is 13.1. The molecule has 7 nitrogen and oxygen atoms in total. The maximum atomic E-state index is 11.9. The summed E-state index contributed by atoms with van der Waals surface area (Å²) in [6, 6.07) is -1.03. The molecule has 8 heteroatoms. The summed E-state index contributed by atoms with van der Waals surface area (Å²) in [5.74, 6) is -1.17. The van der Waals surface area contributed by atoms with Crippen LogP contribution >= 0.6 is 11.8 Å². The van der Waals surface area contributed by atoms with Crippen LogP contribution in [0, 0.1) is 13.8 Å². The molecule has 1 aromatic rings. The zero-order chi connectivity index (χ0) is 15.5. The first kappa shape index (κ1) is 16.5. The molecular formula is C12H20N4O3S. The van der Waals surface area contributed by atoms with Gasteiger partial charge < -0.3 is 16.2 Å². The molecule has 0 fully saturated rings. The van der Waals surface area contributed by atoms with E-state index >= 15 is 0 Å². The van der Waals surface area contributed by atoms with Crippen LogP contribution < -0.4 is 11.1 Å². The molecule has 0 aliphatic carbocycles. The van der Waals surface area contributed by atoms with E-state index in [1.807, 2.05) is 6.92 Å². The molecule has 0 radical (unpaired) electrons. The number of thioether (sulfide) groups is 1. The number of aliphatic carboxylic acids is 1. The van der Waals surface area contributed by atoms with Crippen molar-refractivity contribution in [3.8, 4) is 0 Å². The highest BCUT2D eigenvalue weighted by Gasteiger charge is 2.33. The Bertz CT molecular complexity index is 493. The van der Waals surface area contributed by atoms with Gasteiger partial charge in [-0.2, -0.15) is 5.10 Å². The van der Waals surface area contributed by atoms with Gasteiger partial charge in [-0.3, -0.25) is 14.7 Å². The number of nitrogens with one attached hydrogen (secondary N) is 2. The Hall–Kier alpha value is -1.54. The Morgan fingerprint density at radius 2 is 2.10 bits per heavy atom. The number of hydrogen-bond acceptors (Lipinski definition) is 5. The molecule has 5 N–H and O–H groups in total. The van der Waals surface area contributed by atoms with Crippen molar-refractivity contribution in [1.29, 1.82) is 0 Å². The third-order valence-electron chi connectivity index (χ3n) is 2.98. The highest BCUT2D eigenvalue weighted by Crippen LogP contribution is 2.27. The predicted molar refractivity (Wildman–Crippen MR) is 78.8 cm³/mol. The molecule has 0 bridgehead atoms. The van der Waals surface area contributed by atoms with Crippen molar-refractivity contribution >= 4 is 29.3 Å². The monoisotopic (exact) mass is 300 g/mol. The Labute approximate surface area is 121 Å². The van der Waals surface area contributed by atoms with Crippen molar-refractivity contribution in [1.82, 2.24) is 10.2 Å². The topological polar surface area (TPSA) is 121 Å². The number of nitrogens with zero attached hydrogens (tertiary/aromatic N) is 1. The van der Waals surface area contributed by atoms with E-state index in [1.54, 1.807) is 20.8 Å². The van der Waals surface area contributed by atoms with Crippen LogP contribution in [0.25, 0.3) is 0 Å². The molecule has 112 valence electrons. The molecule has 20 heavy (non-hydrogen) atoms. The lowest BCUT2D eigenvalue weighted by Crippen LogP contribution is -2.47. The highest BCUT2D eigenvalue weighted by atomic mass is 32.2. The maximum Gasteiger partial charge on any atom is 0.321 e. The summed E-state index contributed by atoms with van der Waals surface area (Å²) in [6.45, 7) is 7.01. The van der Waals surface area contributed by atoms with Crippen molar-refractivity contribution in [3.63, 3.8) is 0 Å². The molecule has 0 aromatic carbocycles. The molecule has 0 saturated carbocycles. The second kappa shape index (κ2) is 6.27. The van der Waals surface area contributed by atoms with E-state index in [-0.39, 0.29) is 11.7 Å². The average molecular weight is 300 g/mol. The van der Waals surface area contributed by atoms with E-state index in [4.69, 9.17) is 10.8 Å². The fourth-order valence-corrected chi connectivity index (χ4v) is 2.40. The second-order valence-corrected chi connectivity index (χ2v) is 6.69. The number of hydrogen-bond donors (Lipinski definition) is 4. The summed E-state index contributed by atoms with van der Waals surface area (Å²) in [6.07, 6.45) is 0. The zero-order valence-corrected chi connectivity index (χ0v) is 12.8. The number of nitrogens with two attached hydrogens (primary N) is 1. The third kappa shape index (κ3) is 3.97. The Morgan fingerprint density at radius 3 is 2.55 bits per heavy atom. The van der Waals surface area contributed by atoms with E-state index in [0.29, 0.717) is 11.4 Å². The molecule has 0 spiro atoms. The van der Waals surface area contributed by atoms with Gasteiger partial charge in [-0.25, -0.2) is 0 Å². The molecule has 0 aliphatic heterocycles. The molecular weight excluding hydrogens is 280 g/mol. The minimum absolute atomic E-state index is 0.123. The molecule has 1 amide bonds. The number of carboxylic acids is 1. The lowest BCUT2D eigenvalue weighted by atomic mass is 10.1. The quantitative estimate of drug-likeness (QED) is 0.619. The third-order valence-corrected chi connectivity index (χ3v) is 4.39. The van der Waals surface area contributed by atoms with E-state index in [1.165, 1.54) is 11.8 Å². The molecule has 0 aliphatic rings. The lowest BCUT2D eigenvalue weighted by molar-refractivity contribution is -0.139. The molecule has 0 saturated heterocycles. The van der Waals surface area contributed by atoms with Crippen LogP contribution in [-0.2, 0) is 9.59 Å². The standard InChI is InChI=1S/C12H20N4O3S/c1-6-9(7(2)16-15-6)14-8(17)5-20-12(3,4)10(13)11(18)19/h10H,5,13H2,1-4H3,(H,14,17)(H,15,16)(H,18,19)/t10-/m1/s1. The summed E-state index contributed by atoms with van der Waals surface area (Å²) < 4.78 is -0.732. The fourth-order valence-electron chi connectivity index (χ4n) is 1.55. The minimum atomic E-state index is -1.08. The van der Waals surface area contributed by atoms with Crippen molar-refractivity contribution in [2.75, 3.05) is 11.1 Å². The van der Waals surface area contributed by atoms with Gasteiger partial charge >= 0.3 is 5.97 Å².